The highest BCUT2D eigenvalue weighted by Crippen LogP contribution is 2.33. The highest BCUT2D eigenvalue weighted by atomic mass is 19.4. The Bertz CT molecular complexity index is 419. The number of alkyl halides is 3. The van der Waals surface area contributed by atoms with Gasteiger partial charge in [0.05, 0.1) is 5.56 Å². The zero-order valence-corrected chi connectivity index (χ0v) is 10.1. The number of hydrogen-bond donors (Lipinski definition) is 0. The molecule has 0 unspecified atom stereocenters. The van der Waals surface area contributed by atoms with Gasteiger partial charge in [-0.2, -0.15) is 13.2 Å². The molecule has 0 aliphatic rings. The molecular formula is C13H15F3O. The normalized spacial score (nSPS) is 11.9. The number of Topliss-reactive ketones (excluding diaryl/α,β-unsaturated/α-hetero) is 1. The van der Waals surface area contributed by atoms with E-state index in [0.717, 1.165) is 6.07 Å². The van der Waals surface area contributed by atoms with Crippen molar-refractivity contribution in [2.24, 2.45) is 5.92 Å². The quantitative estimate of drug-likeness (QED) is 0.727. The van der Waals surface area contributed by atoms with E-state index in [2.05, 4.69) is 0 Å². The number of benzene rings is 1. The maximum atomic E-state index is 12.6. The van der Waals surface area contributed by atoms with Crippen molar-refractivity contribution < 1.29 is 18.0 Å². The Morgan fingerprint density at radius 2 is 1.88 bits per heavy atom. The molecule has 0 saturated heterocycles. The molecule has 0 spiro atoms. The molecule has 0 saturated carbocycles. The minimum atomic E-state index is -4.40. The third kappa shape index (κ3) is 3.32. The maximum absolute atomic E-state index is 12.6. The van der Waals surface area contributed by atoms with Gasteiger partial charge in [-0.15, -0.1) is 0 Å². The highest BCUT2D eigenvalue weighted by Gasteiger charge is 2.33. The Labute approximate surface area is 98.6 Å². The lowest BCUT2D eigenvalue weighted by molar-refractivity contribution is -0.138. The molecule has 17 heavy (non-hydrogen) atoms. The van der Waals surface area contributed by atoms with Gasteiger partial charge < -0.3 is 0 Å². The summed E-state index contributed by atoms with van der Waals surface area (Å²) in [4.78, 5) is 11.8. The minimum Gasteiger partial charge on any atom is -0.294 e. The van der Waals surface area contributed by atoms with Gasteiger partial charge in [-0.1, -0.05) is 26.0 Å². The average molecular weight is 244 g/mol. The maximum Gasteiger partial charge on any atom is 0.416 e. The second kappa shape index (κ2) is 4.90. The van der Waals surface area contributed by atoms with Gasteiger partial charge in [0.2, 0.25) is 0 Å². The van der Waals surface area contributed by atoms with Crippen LogP contribution in [0.3, 0.4) is 0 Å². The van der Waals surface area contributed by atoms with Gasteiger partial charge in [-0.25, -0.2) is 0 Å². The molecule has 0 aromatic heterocycles. The van der Waals surface area contributed by atoms with Crippen LogP contribution in [0.25, 0.3) is 0 Å². The molecule has 0 aliphatic carbocycles. The minimum absolute atomic E-state index is 0.0191. The number of carbonyl (C=O) groups excluding carboxylic acids is 1. The van der Waals surface area contributed by atoms with Crippen molar-refractivity contribution in [2.75, 3.05) is 0 Å². The van der Waals surface area contributed by atoms with Crippen LogP contribution >= 0.6 is 0 Å². The van der Waals surface area contributed by atoms with Crippen LogP contribution in [0.2, 0.25) is 0 Å². The van der Waals surface area contributed by atoms with Crippen LogP contribution < -0.4 is 0 Å². The smallest absolute Gasteiger partial charge is 0.294 e. The molecule has 0 heterocycles. The first-order chi connectivity index (χ1) is 7.73. The summed E-state index contributed by atoms with van der Waals surface area (Å²) in [5.74, 6) is -0.0972. The first-order valence-corrected chi connectivity index (χ1v) is 5.43. The van der Waals surface area contributed by atoms with E-state index in [1.807, 2.05) is 13.8 Å². The van der Waals surface area contributed by atoms with Crippen molar-refractivity contribution >= 4 is 5.78 Å². The molecule has 4 heteroatoms. The third-order valence-corrected chi connectivity index (χ3v) is 2.53. The lowest BCUT2D eigenvalue weighted by atomic mass is 9.94. The largest absolute Gasteiger partial charge is 0.416 e. The summed E-state index contributed by atoms with van der Waals surface area (Å²) >= 11 is 0. The molecule has 0 atom stereocenters. The summed E-state index contributed by atoms with van der Waals surface area (Å²) in [5, 5.41) is 0. The van der Waals surface area contributed by atoms with Crippen molar-refractivity contribution in [3.05, 3.63) is 34.9 Å². The van der Waals surface area contributed by atoms with Gasteiger partial charge in [0.15, 0.2) is 5.78 Å². The van der Waals surface area contributed by atoms with Crippen LogP contribution in [0.15, 0.2) is 18.2 Å². The molecule has 94 valence electrons. The van der Waals surface area contributed by atoms with Crippen LogP contribution in [-0.2, 0) is 6.18 Å². The summed E-state index contributed by atoms with van der Waals surface area (Å²) in [6, 6.07) is 3.74. The molecule has 0 bridgehead atoms. The van der Waals surface area contributed by atoms with Crippen LogP contribution in [0, 0.1) is 12.8 Å². The van der Waals surface area contributed by atoms with Crippen LogP contribution in [-0.4, -0.2) is 5.78 Å². The fraction of sp³-hybridized carbons (Fsp3) is 0.462. The second-order valence-corrected chi connectivity index (χ2v) is 4.50. The van der Waals surface area contributed by atoms with Crippen LogP contribution in [0.1, 0.15) is 41.8 Å². The van der Waals surface area contributed by atoms with Gasteiger partial charge >= 0.3 is 6.18 Å². The first-order valence-electron chi connectivity index (χ1n) is 5.43. The highest BCUT2D eigenvalue weighted by molar-refractivity contribution is 5.97. The van der Waals surface area contributed by atoms with Gasteiger partial charge in [-0.05, 0) is 24.5 Å². The standard InChI is InChI=1S/C13H15F3O/c1-8(2)7-12(17)10-5-4-6-11(9(10)3)13(14,15)16/h4-6,8H,7H2,1-3H3. The zero-order chi connectivity index (χ0) is 13.2. The van der Waals surface area contributed by atoms with E-state index < -0.39 is 11.7 Å². The molecule has 0 aliphatic heterocycles. The van der Waals surface area contributed by atoms with Crippen molar-refractivity contribution in [2.45, 2.75) is 33.4 Å². The van der Waals surface area contributed by atoms with Crippen LogP contribution in [0.4, 0.5) is 13.2 Å². The summed E-state index contributed by atoms with van der Waals surface area (Å²) in [6.07, 6.45) is -4.14. The fourth-order valence-electron chi connectivity index (χ4n) is 1.73. The number of carbonyl (C=O) groups is 1. The van der Waals surface area contributed by atoms with Gasteiger partial charge in [0.25, 0.3) is 0 Å². The molecule has 0 radical (unpaired) electrons. The van der Waals surface area contributed by atoms with Gasteiger partial charge in [-0.3, -0.25) is 4.79 Å². The van der Waals surface area contributed by atoms with E-state index in [1.54, 1.807) is 0 Å². The van der Waals surface area contributed by atoms with Crippen LogP contribution in [0.5, 0.6) is 0 Å². The van der Waals surface area contributed by atoms with Gasteiger partial charge in [0, 0.05) is 12.0 Å². The monoisotopic (exact) mass is 244 g/mol. The molecule has 1 nitrogen and oxygen atoms in total. The molecule has 1 aromatic rings. The predicted molar refractivity (Wildman–Crippen MR) is 60.0 cm³/mol. The van der Waals surface area contributed by atoms with Crippen molar-refractivity contribution in [1.82, 2.24) is 0 Å². The van der Waals surface area contributed by atoms with Crippen molar-refractivity contribution in [3.8, 4) is 0 Å². The lowest BCUT2D eigenvalue weighted by Gasteiger charge is -2.13. The zero-order valence-electron chi connectivity index (χ0n) is 10.1. The SMILES string of the molecule is Cc1c(C(=O)CC(C)C)cccc1C(F)(F)F. The number of rotatable bonds is 3. The topological polar surface area (TPSA) is 17.1 Å². The molecule has 0 fully saturated rings. The Hall–Kier alpha value is -1.32. The third-order valence-electron chi connectivity index (χ3n) is 2.53. The molecule has 0 N–H and O–H groups in total. The molecule has 1 aromatic carbocycles. The van der Waals surface area contributed by atoms with E-state index in [4.69, 9.17) is 0 Å². The number of ketones is 1. The Balaban J connectivity index is 3.15. The first kappa shape index (κ1) is 13.7. The number of halogens is 3. The summed E-state index contributed by atoms with van der Waals surface area (Å²) in [6.45, 7) is 5.07. The number of hydrogen-bond acceptors (Lipinski definition) is 1. The summed E-state index contributed by atoms with van der Waals surface area (Å²) in [7, 11) is 0. The second-order valence-electron chi connectivity index (χ2n) is 4.50. The Morgan fingerprint density at radius 1 is 1.29 bits per heavy atom. The Kier molecular flexibility index (Phi) is 3.96. The Morgan fingerprint density at radius 3 is 2.35 bits per heavy atom. The average Bonchev–Trinajstić information content (AvgIpc) is 2.14. The van der Waals surface area contributed by atoms with Gasteiger partial charge in [0.1, 0.15) is 0 Å². The summed E-state index contributed by atoms with van der Waals surface area (Å²) in [5.41, 5.74) is -0.536. The van der Waals surface area contributed by atoms with E-state index in [-0.39, 0.29) is 29.2 Å². The fourth-order valence-corrected chi connectivity index (χ4v) is 1.73. The van der Waals surface area contributed by atoms with E-state index >= 15 is 0 Å². The molecular weight excluding hydrogens is 229 g/mol. The predicted octanol–water partition coefficient (Wildman–Crippen LogP) is 4.24. The van der Waals surface area contributed by atoms with E-state index in [1.165, 1.54) is 19.1 Å². The van der Waals surface area contributed by atoms with E-state index in [0.29, 0.717) is 0 Å². The lowest BCUT2D eigenvalue weighted by Crippen LogP contribution is -2.12. The molecule has 0 amide bonds. The van der Waals surface area contributed by atoms with Crippen molar-refractivity contribution in [1.29, 1.82) is 0 Å². The van der Waals surface area contributed by atoms with Crippen molar-refractivity contribution in [3.63, 3.8) is 0 Å². The summed E-state index contributed by atoms with van der Waals surface area (Å²) < 4.78 is 37.9. The van der Waals surface area contributed by atoms with E-state index in [9.17, 15) is 18.0 Å². The molecule has 1 rings (SSSR count).